The summed E-state index contributed by atoms with van der Waals surface area (Å²) in [5.41, 5.74) is 7.85. The number of benzene rings is 3. The minimum absolute atomic E-state index is 0.824. The lowest BCUT2D eigenvalue weighted by atomic mass is 9.78. The van der Waals surface area contributed by atoms with Gasteiger partial charge in [-0.15, -0.1) is 0 Å². The van der Waals surface area contributed by atoms with Crippen molar-refractivity contribution in [2.45, 2.75) is 32.0 Å². The van der Waals surface area contributed by atoms with Crippen molar-refractivity contribution in [2.75, 3.05) is 0 Å². The first-order valence-corrected chi connectivity index (χ1v) is 8.20. The van der Waals surface area contributed by atoms with Crippen LogP contribution in [0.25, 0.3) is 21.9 Å². The Kier molecular flexibility index (Phi) is 2.56. The zero-order chi connectivity index (χ0) is 15.7. The quantitative estimate of drug-likeness (QED) is 0.659. The Balaban J connectivity index is 1.95. The van der Waals surface area contributed by atoms with Crippen molar-refractivity contribution in [3.63, 3.8) is 0 Å². The zero-order valence-electron chi connectivity index (χ0n) is 13.0. The van der Waals surface area contributed by atoms with Crippen LogP contribution in [-0.4, -0.2) is 10.2 Å². The summed E-state index contributed by atoms with van der Waals surface area (Å²) in [5, 5.41) is 23.9. The minimum atomic E-state index is -0.846. The number of aryl methyl sites for hydroxylation is 3. The van der Waals surface area contributed by atoms with Crippen LogP contribution >= 0.6 is 0 Å². The van der Waals surface area contributed by atoms with Gasteiger partial charge in [-0.3, -0.25) is 0 Å². The highest BCUT2D eigenvalue weighted by Crippen LogP contribution is 2.50. The van der Waals surface area contributed by atoms with Crippen LogP contribution in [-0.2, 0) is 12.8 Å². The molecule has 0 amide bonds. The van der Waals surface area contributed by atoms with Crippen molar-refractivity contribution in [2.24, 2.45) is 0 Å². The number of fused-ring (bicyclic) bond motifs is 4. The van der Waals surface area contributed by atoms with Gasteiger partial charge >= 0.3 is 0 Å². The Bertz CT molecular complexity index is 971. The van der Waals surface area contributed by atoms with E-state index in [1.165, 1.54) is 27.5 Å². The summed E-state index contributed by atoms with van der Waals surface area (Å²) < 4.78 is 0. The van der Waals surface area contributed by atoms with Crippen molar-refractivity contribution in [1.29, 1.82) is 0 Å². The Morgan fingerprint density at radius 2 is 1.65 bits per heavy atom. The second kappa shape index (κ2) is 4.44. The molecule has 2 heteroatoms. The van der Waals surface area contributed by atoms with E-state index in [4.69, 9.17) is 0 Å². The smallest absolute Gasteiger partial charge is 0.110 e. The van der Waals surface area contributed by atoms with E-state index >= 15 is 0 Å². The van der Waals surface area contributed by atoms with Gasteiger partial charge in [0.2, 0.25) is 0 Å². The van der Waals surface area contributed by atoms with Crippen LogP contribution in [0.5, 0.6) is 0 Å². The molecule has 0 bridgehead atoms. The van der Waals surface area contributed by atoms with Crippen LogP contribution in [0.15, 0.2) is 42.5 Å². The number of hydrogen-bond donors (Lipinski definition) is 2. The van der Waals surface area contributed by atoms with Gasteiger partial charge in [-0.05, 0) is 75.5 Å². The molecule has 0 saturated heterocycles. The van der Waals surface area contributed by atoms with Gasteiger partial charge in [0, 0.05) is 0 Å². The third-order valence-corrected chi connectivity index (χ3v) is 5.59. The average molecular weight is 302 g/mol. The minimum Gasteiger partial charge on any atom is -0.385 e. The van der Waals surface area contributed by atoms with E-state index in [0.29, 0.717) is 0 Å². The van der Waals surface area contributed by atoms with Crippen LogP contribution < -0.4 is 0 Å². The molecule has 2 aliphatic rings. The molecule has 23 heavy (non-hydrogen) atoms. The molecule has 3 aromatic rings. The molecule has 2 N–H and O–H groups in total. The first-order valence-electron chi connectivity index (χ1n) is 8.20. The van der Waals surface area contributed by atoms with E-state index in [9.17, 15) is 10.2 Å². The van der Waals surface area contributed by atoms with Gasteiger partial charge in [0.15, 0.2) is 0 Å². The average Bonchev–Trinajstić information content (AvgIpc) is 3.02. The Hall–Kier alpha value is -2.16. The Morgan fingerprint density at radius 1 is 0.870 bits per heavy atom. The molecule has 2 atom stereocenters. The maximum Gasteiger partial charge on any atom is 0.110 e. The normalized spacial score (nSPS) is 21.3. The lowest BCUT2D eigenvalue weighted by Gasteiger charge is -2.31. The second-order valence-electron chi connectivity index (χ2n) is 6.75. The topological polar surface area (TPSA) is 40.5 Å². The van der Waals surface area contributed by atoms with Crippen molar-refractivity contribution >= 4 is 10.8 Å². The van der Waals surface area contributed by atoms with Crippen LogP contribution in [0.3, 0.4) is 0 Å². The molecule has 2 nitrogen and oxygen atoms in total. The summed E-state index contributed by atoms with van der Waals surface area (Å²) >= 11 is 0. The van der Waals surface area contributed by atoms with E-state index in [-0.39, 0.29) is 0 Å². The van der Waals surface area contributed by atoms with Crippen LogP contribution in [0.1, 0.15) is 40.0 Å². The predicted molar refractivity (Wildman–Crippen MR) is 91.4 cm³/mol. The molecule has 114 valence electrons. The van der Waals surface area contributed by atoms with Crippen molar-refractivity contribution < 1.29 is 10.2 Å². The lowest BCUT2D eigenvalue weighted by molar-refractivity contribution is 0.0154. The molecule has 2 unspecified atom stereocenters. The molecule has 0 fully saturated rings. The van der Waals surface area contributed by atoms with Gasteiger partial charge in [-0.2, -0.15) is 0 Å². The highest BCUT2D eigenvalue weighted by atomic mass is 16.3. The first kappa shape index (κ1) is 13.3. The van der Waals surface area contributed by atoms with Crippen molar-refractivity contribution in [1.82, 2.24) is 0 Å². The van der Waals surface area contributed by atoms with Crippen LogP contribution in [0.2, 0.25) is 0 Å². The summed E-state index contributed by atoms with van der Waals surface area (Å²) in [6.07, 6.45) is 0.289. The van der Waals surface area contributed by atoms with Gasteiger partial charge < -0.3 is 10.2 Å². The zero-order valence-corrected chi connectivity index (χ0v) is 13.0. The summed E-state index contributed by atoms with van der Waals surface area (Å²) in [6, 6.07) is 14.4. The molecule has 3 aromatic carbocycles. The van der Waals surface area contributed by atoms with E-state index in [1.807, 2.05) is 24.3 Å². The fourth-order valence-electron chi connectivity index (χ4n) is 4.50. The highest BCUT2D eigenvalue weighted by Gasteiger charge is 2.35. The fourth-order valence-corrected chi connectivity index (χ4v) is 4.50. The van der Waals surface area contributed by atoms with Gasteiger partial charge in [0.1, 0.15) is 12.2 Å². The third kappa shape index (κ3) is 1.60. The summed E-state index contributed by atoms with van der Waals surface area (Å²) in [4.78, 5) is 0. The number of rotatable bonds is 0. The van der Waals surface area contributed by atoms with Gasteiger partial charge in [-0.1, -0.05) is 36.4 Å². The monoisotopic (exact) mass is 302 g/mol. The maximum atomic E-state index is 10.8. The molecule has 0 radical (unpaired) electrons. The van der Waals surface area contributed by atoms with Gasteiger partial charge in [0.05, 0.1) is 0 Å². The molecular weight excluding hydrogens is 284 g/mol. The van der Waals surface area contributed by atoms with E-state index in [2.05, 4.69) is 25.1 Å². The maximum absolute atomic E-state index is 10.8. The van der Waals surface area contributed by atoms with E-state index < -0.39 is 12.2 Å². The molecule has 5 rings (SSSR count). The van der Waals surface area contributed by atoms with Gasteiger partial charge in [-0.25, -0.2) is 0 Å². The van der Waals surface area contributed by atoms with Crippen molar-refractivity contribution in [3.05, 3.63) is 70.3 Å². The van der Waals surface area contributed by atoms with Crippen molar-refractivity contribution in [3.8, 4) is 11.1 Å². The fraction of sp³-hybridized carbons (Fsp3) is 0.238. The van der Waals surface area contributed by atoms with Crippen LogP contribution in [0, 0.1) is 6.92 Å². The molecule has 0 heterocycles. The molecule has 0 aromatic heterocycles. The second-order valence-corrected chi connectivity index (χ2v) is 6.75. The lowest BCUT2D eigenvalue weighted by Crippen LogP contribution is -2.18. The van der Waals surface area contributed by atoms with Gasteiger partial charge in [0.25, 0.3) is 0 Å². The molecule has 0 saturated carbocycles. The number of aliphatic hydroxyl groups excluding tert-OH is 2. The molecule has 0 spiro atoms. The predicted octanol–water partition coefficient (Wildman–Crippen LogP) is 3.99. The summed E-state index contributed by atoms with van der Waals surface area (Å²) in [7, 11) is 0. The van der Waals surface area contributed by atoms with Crippen LogP contribution in [0.4, 0.5) is 0 Å². The largest absolute Gasteiger partial charge is 0.385 e. The first-order chi connectivity index (χ1) is 11.2. The number of hydrogen-bond acceptors (Lipinski definition) is 2. The summed E-state index contributed by atoms with van der Waals surface area (Å²) in [5.74, 6) is 0. The Morgan fingerprint density at radius 3 is 2.52 bits per heavy atom. The Labute approximate surface area is 135 Å². The third-order valence-electron chi connectivity index (χ3n) is 5.59. The standard InChI is InChI=1S/C21H18O2/c1-11-6-7-12-10-17-14-4-2-3-5-15(14)20(22)21(23)19(17)16-9-8-13(11)18(12)16/h2-7,10,20-23H,8-9H2,1H3. The molecular formula is C21H18O2. The van der Waals surface area contributed by atoms with E-state index in [0.717, 1.165) is 35.1 Å². The molecule has 2 aliphatic carbocycles. The highest BCUT2D eigenvalue weighted by molar-refractivity contribution is 5.98. The number of aliphatic hydroxyl groups is 2. The SMILES string of the molecule is Cc1ccc2cc3c(c4c2c1CC4)C(O)C(O)c1ccccc1-3. The molecule has 0 aliphatic heterocycles. The van der Waals surface area contributed by atoms with E-state index in [1.54, 1.807) is 0 Å². The summed E-state index contributed by atoms with van der Waals surface area (Å²) in [6.45, 7) is 2.16.